The van der Waals surface area contributed by atoms with Gasteiger partial charge in [0, 0.05) is 18.7 Å². The average molecular weight is 383 g/mol. The highest BCUT2D eigenvalue weighted by Crippen LogP contribution is 2.41. The number of phenolic OH excluding ortho intramolecular Hbond substituents is 1. The zero-order valence-electron chi connectivity index (χ0n) is 18.9. The first kappa shape index (κ1) is 22.4. The summed E-state index contributed by atoms with van der Waals surface area (Å²) in [6.45, 7) is 15.0. The molecule has 2 rings (SSSR count). The van der Waals surface area contributed by atoms with Crippen LogP contribution in [0, 0.1) is 0 Å². The highest BCUT2D eigenvalue weighted by Gasteiger charge is 2.28. The molecule has 3 heteroatoms. The summed E-state index contributed by atoms with van der Waals surface area (Å²) in [6.07, 6.45) is 0. The third kappa shape index (κ3) is 5.59. The predicted octanol–water partition coefficient (Wildman–Crippen LogP) is 5.23. The van der Waals surface area contributed by atoms with Gasteiger partial charge in [-0.25, -0.2) is 0 Å². The second-order valence-corrected chi connectivity index (χ2v) is 10.1. The Hall–Kier alpha value is -1.84. The summed E-state index contributed by atoms with van der Waals surface area (Å²) >= 11 is 0. The molecule has 0 radical (unpaired) electrons. The molecule has 0 spiro atoms. The minimum atomic E-state index is -0.134. The Bertz CT molecular complexity index is 768. The van der Waals surface area contributed by atoms with Gasteiger partial charge >= 0.3 is 0 Å². The second kappa shape index (κ2) is 8.67. The molecule has 2 aromatic carbocycles. The van der Waals surface area contributed by atoms with Crippen molar-refractivity contribution in [2.45, 2.75) is 58.4 Å². The summed E-state index contributed by atoms with van der Waals surface area (Å²) in [5.74, 6) is 0.409. The van der Waals surface area contributed by atoms with E-state index < -0.39 is 0 Å². The fourth-order valence-electron chi connectivity index (χ4n) is 3.37. The van der Waals surface area contributed by atoms with Crippen LogP contribution in [0.15, 0.2) is 42.5 Å². The molecule has 3 nitrogen and oxygen atoms in total. The molecule has 1 unspecified atom stereocenters. The highest BCUT2D eigenvalue weighted by molar-refractivity contribution is 5.52. The number of nitrogens with one attached hydrogen (secondary N) is 1. The molecule has 2 aromatic rings. The molecule has 0 heterocycles. The van der Waals surface area contributed by atoms with Crippen LogP contribution in [0.5, 0.6) is 5.75 Å². The van der Waals surface area contributed by atoms with Crippen molar-refractivity contribution in [3.8, 4) is 5.75 Å². The summed E-state index contributed by atoms with van der Waals surface area (Å²) in [7, 11) is 4.16. The Labute approximate surface area is 171 Å². The van der Waals surface area contributed by atoms with Gasteiger partial charge in [0.1, 0.15) is 5.75 Å². The summed E-state index contributed by atoms with van der Waals surface area (Å²) < 4.78 is 0. The number of nitrogens with zero attached hydrogens (tertiary/aromatic N) is 1. The summed E-state index contributed by atoms with van der Waals surface area (Å²) in [6, 6.07) is 14.7. The van der Waals surface area contributed by atoms with Crippen molar-refractivity contribution < 1.29 is 5.11 Å². The van der Waals surface area contributed by atoms with E-state index in [2.05, 4.69) is 102 Å². The molecule has 0 aliphatic carbocycles. The Morgan fingerprint density at radius 3 is 2.04 bits per heavy atom. The predicted molar refractivity (Wildman–Crippen MR) is 120 cm³/mol. The Morgan fingerprint density at radius 2 is 1.54 bits per heavy atom. The van der Waals surface area contributed by atoms with Gasteiger partial charge in [-0.2, -0.15) is 0 Å². The van der Waals surface area contributed by atoms with Crippen molar-refractivity contribution in [2.24, 2.45) is 0 Å². The summed E-state index contributed by atoms with van der Waals surface area (Å²) in [4.78, 5) is 2.17. The van der Waals surface area contributed by atoms with Crippen molar-refractivity contribution in [2.75, 3.05) is 27.2 Å². The van der Waals surface area contributed by atoms with Crippen LogP contribution in [0.4, 0.5) is 0 Å². The van der Waals surface area contributed by atoms with E-state index >= 15 is 0 Å². The van der Waals surface area contributed by atoms with Crippen LogP contribution in [-0.4, -0.2) is 37.2 Å². The van der Waals surface area contributed by atoms with Gasteiger partial charge in [0.25, 0.3) is 0 Å². The number of hydrogen-bond acceptors (Lipinski definition) is 3. The minimum Gasteiger partial charge on any atom is -0.507 e. The topological polar surface area (TPSA) is 35.5 Å². The fourth-order valence-corrected chi connectivity index (χ4v) is 3.37. The quantitative estimate of drug-likeness (QED) is 0.718. The van der Waals surface area contributed by atoms with Gasteiger partial charge in [-0.1, -0.05) is 77.9 Å². The van der Waals surface area contributed by atoms with Gasteiger partial charge in [0.2, 0.25) is 0 Å². The molecule has 2 N–H and O–H groups in total. The van der Waals surface area contributed by atoms with Crippen LogP contribution in [0.2, 0.25) is 0 Å². The molecule has 0 aromatic heterocycles. The standard InChI is InChI=1S/C25H38N2O/c1-24(2,3)19-16-20(23(28)21(17-19)25(4,5)6)22(26-14-15-27(7)8)18-12-10-9-11-13-18/h9-13,16-17,22,26,28H,14-15H2,1-8H3. The maximum Gasteiger partial charge on any atom is 0.124 e. The van der Waals surface area contributed by atoms with Crippen LogP contribution in [0.1, 0.15) is 69.8 Å². The lowest BCUT2D eigenvalue weighted by Crippen LogP contribution is -2.31. The SMILES string of the molecule is CN(C)CCNC(c1ccccc1)c1cc(C(C)(C)C)cc(C(C)(C)C)c1O. The summed E-state index contributed by atoms with van der Waals surface area (Å²) in [5, 5.41) is 15.0. The van der Waals surface area contributed by atoms with Gasteiger partial charge in [0.05, 0.1) is 6.04 Å². The Kier molecular flexibility index (Phi) is 6.95. The van der Waals surface area contributed by atoms with E-state index in [0.29, 0.717) is 5.75 Å². The van der Waals surface area contributed by atoms with E-state index in [9.17, 15) is 5.11 Å². The largest absolute Gasteiger partial charge is 0.507 e. The van der Waals surface area contributed by atoms with E-state index in [0.717, 1.165) is 24.2 Å². The molecule has 0 saturated heterocycles. The van der Waals surface area contributed by atoms with Crippen LogP contribution in [0.25, 0.3) is 0 Å². The molecule has 1 atom stereocenters. The van der Waals surface area contributed by atoms with Crippen molar-refractivity contribution in [3.63, 3.8) is 0 Å². The molecule has 0 bridgehead atoms. The van der Waals surface area contributed by atoms with E-state index in [1.54, 1.807) is 0 Å². The monoisotopic (exact) mass is 382 g/mol. The minimum absolute atomic E-state index is 0.00727. The average Bonchev–Trinajstić information content (AvgIpc) is 2.58. The van der Waals surface area contributed by atoms with Gasteiger partial charge in [0.15, 0.2) is 0 Å². The third-order valence-electron chi connectivity index (χ3n) is 5.16. The van der Waals surface area contributed by atoms with Crippen LogP contribution in [0.3, 0.4) is 0 Å². The van der Waals surface area contributed by atoms with Crippen LogP contribution < -0.4 is 5.32 Å². The number of aromatic hydroxyl groups is 1. The number of phenols is 1. The van der Waals surface area contributed by atoms with Crippen molar-refractivity contribution in [1.29, 1.82) is 0 Å². The number of benzene rings is 2. The van der Waals surface area contributed by atoms with Crippen molar-refractivity contribution in [3.05, 3.63) is 64.7 Å². The lowest BCUT2D eigenvalue weighted by molar-refractivity contribution is 0.387. The number of hydrogen-bond donors (Lipinski definition) is 2. The van der Waals surface area contributed by atoms with E-state index in [4.69, 9.17) is 0 Å². The maximum absolute atomic E-state index is 11.3. The van der Waals surface area contributed by atoms with Crippen molar-refractivity contribution in [1.82, 2.24) is 10.2 Å². The smallest absolute Gasteiger partial charge is 0.124 e. The molecule has 28 heavy (non-hydrogen) atoms. The second-order valence-electron chi connectivity index (χ2n) is 10.1. The molecule has 0 amide bonds. The third-order valence-corrected chi connectivity index (χ3v) is 5.16. The molecule has 154 valence electrons. The first-order chi connectivity index (χ1) is 12.9. The molecule has 0 aliphatic rings. The number of likely N-dealkylation sites (N-methyl/N-ethyl adjacent to an activating group) is 1. The number of rotatable bonds is 6. The Balaban J connectivity index is 2.63. The molecular formula is C25H38N2O. The first-order valence-corrected chi connectivity index (χ1v) is 10.2. The highest BCUT2D eigenvalue weighted by atomic mass is 16.3. The molecule has 0 fully saturated rings. The zero-order chi connectivity index (χ0) is 21.1. The van der Waals surface area contributed by atoms with Crippen LogP contribution in [-0.2, 0) is 10.8 Å². The lowest BCUT2D eigenvalue weighted by atomic mass is 9.77. The normalized spacial score (nSPS) is 13.8. The Morgan fingerprint density at radius 1 is 0.929 bits per heavy atom. The molecular weight excluding hydrogens is 344 g/mol. The zero-order valence-corrected chi connectivity index (χ0v) is 18.9. The van der Waals surface area contributed by atoms with Gasteiger partial charge in [-0.15, -0.1) is 0 Å². The fraction of sp³-hybridized carbons (Fsp3) is 0.520. The van der Waals surface area contributed by atoms with Crippen molar-refractivity contribution >= 4 is 0 Å². The first-order valence-electron chi connectivity index (χ1n) is 10.2. The van der Waals surface area contributed by atoms with E-state index in [-0.39, 0.29) is 16.9 Å². The van der Waals surface area contributed by atoms with Crippen LogP contribution >= 0.6 is 0 Å². The molecule has 0 aliphatic heterocycles. The van der Waals surface area contributed by atoms with Gasteiger partial charge in [-0.05, 0) is 47.7 Å². The molecule has 0 saturated carbocycles. The van der Waals surface area contributed by atoms with E-state index in [1.807, 2.05) is 6.07 Å². The maximum atomic E-state index is 11.3. The van der Waals surface area contributed by atoms with Gasteiger partial charge in [-0.3, -0.25) is 0 Å². The van der Waals surface area contributed by atoms with E-state index in [1.165, 1.54) is 11.1 Å². The van der Waals surface area contributed by atoms with Gasteiger partial charge < -0.3 is 15.3 Å². The lowest BCUT2D eigenvalue weighted by Gasteiger charge is -2.30. The summed E-state index contributed by atoms with van der Waals surface area (Å²) in [5.41, 5.74) is 4.26.